The summed E-state index contributed by atoms with van der Waals surface area (Å²) in [5, 5.41) is 2.65. The Kier molecular flexibility index (Phi) is 11.7. The van der Waals surface area contributed by atoms with Gasteiger partial charge >= 0.3 is 25.5 Å². The van der Waals surface area contributed by atoms with Crippen molar-refractivity contribution >= 4 is 31.4 Å². The number of esters is 3. The zero-order chi connectivity index (χ0) is 27.5. The van der Waals surface area contributed by atoms with Gasteiger partial charge in [0.15, 0.2) is 0 Å². The molecule has 0 aromatic heterocycles. The molecule has 1 aromatic carbocycles. The summed E-state index contributed by atoms with van der Waals surface area (Å²) in [6.07, 6.45) is -0.173. The first kappa shape index (κ1) is 30.5. The normalized spacial score (nSPS) is 21.4. The third-order valence-electron chi connectivity index (χ3n) is 5.98. The molecule has 0 aliphatic carbocycles. The number of carbonyl (C=O) groups is 4. The Morgan fingerprint density at radius 3 is 2.49 bits per heavy atom. The highest BCUT2D eigenvalue weighted by atomic mass is 31.2. The highest BCUT2D eigenvalue weighted by Crippen LogP contribution is 2.57. The zero-order valence-corrected chi connectivity index (χ0v) is 22.6. The van der Waals surface area contributed by atoms with Crippen LogP contribution in [0.2, 0.25) is 0 Å². The smallest absolute Gasteiger partial charge is 0.334 e. The van der Waals surface area contributed by atoms with E-state index in [1.54, 1.807) is 20.8 Å². The lowest BCUT2D eigenvalue weighted by atomic mass is 9.80. The molecule has 1 aromatic rings. The van der Waals surface area contributed by atoms with Gasteiger partial charge in [0.2, 0.25) is 12.7 Å². The monoisotopic (exact) mass is 541 g/mol. The van der Waals surface area contributed by atoms with E-state index < -0.39 is 55.5 Å². The summed E-state index contributed by atoms with van der Waals surface area (Å²) in [4.78, 5) is 48.8. The van der Waals surface area contributed by atoms with Crippen molar-refractivity contribution in [3.63, 3.8) is 0 Å². The molecule has 12 heteroatoms. The SMILES string of the molecule is CCOC(=O)[C@@H](CC(=O)OCOP1(=O)C[C@@H](C(=O)NCCC(=O)OC)C(C)(C)CO1)Cc1ccccc1. The van der Waals surface area contributed by atoms with Gasteiger partial charge in [0.1, 0.15) is 0 Å². The first-order valence-electron chi connectivity index (χ1n) is 12.1. The predicted molar refractivity (Wildman–Crippen MR) is 132 cm³/mol. The Bertz CT molecular complexity index is 981. The maximum atomic E-state index is 13.1. The molecule has 2 rings (SSSR count). The number of carbonyl (C=O) groups excluding carboxylic acids is 4. The fraction of sp³-hybridized carbons (Fsp3) is 0.600. The van der Waals surface area contributed by atoms with E-state index in [0.717, 1.165) is 5.56 Å². The Hall–Kier alpha value is -2.75. The molecule has 1 aliphatic heterocycles. The maximum Gasteiger partial charge on any atom is 0.334 e. The summed E-state index contributed by atoms with van der Waals surface area (Å²) < 4.78 is 38.6. The van der Waals surface area contributed by atoms with E-state index in [9.17, 15) is 23.7 Å². The van der Waals surface area contributed by atoms with Crippen LogP contribution in [-0.2, 0) is 53.4 Å². The second kappa shape index (κ2) is 14.3. The molecule has 206 valence electrons. The first-order chi connectivity index (χ1) is 17.5. The van der Waals surface area contributed by atoms with Crippen molar-refractivity contribution in [2.24, 2.45) is 17.3 Å². The van der Waals surface area contributed by atoms with Crippen LogP contribution < -0.4 is 5.32 Å². The summed E-state index contributed by atoms with van der Waals surface area (Å²) in [6.45, 7) is 4.85. The van der Waals surface area contributed by atoms with Crippen molar-refractivity contribution in [3.8, 4) is 0 Å². The predicted octanol–water partition coefficient (Wildman–Crippen LogP) is 2.86. The van der Waals surface area contributed by atoms with E-state index >= 15 is 0 Å². The standard InChI is InChI=1S/C25H36NO10P/c1-5-33-24(30)19(13-18-9-7-6-8-10-18)14-22(28)34-17-36-37(31)15-20(25(2,3)16-35-37)23(29)26-12-11-21(27)32-4/h6-10,19-20H,5,11-17H2,1-4H3,(H,26,29)/t19-,20+,37?/m1/s1. The van der Waals surface area contributed by atoms with Crippen LogP contribution in [0.25, 0.3) is 0 Å². The molecule has 1 aliphatic rings. The molecule has 0 radical (unpaired) electrons. The number of nitrogens with one attached hydrogen (secondary N) is 1. The topological polar surface area (TPSA) is 144 Å². The van der Waals surface area contributed by atoms with Crippen molar-refractivity contribution in [2.45, 2.75) is 40.0 Å². The van der Waals surface area contributed by atoms with Gasteiger partial charge in [-0.05, 0) is 18.9 Å². The van der Waals surface area contributed by atoms with E-state index in [1.165, 1.54) is 7.11 Å². The molecule has 11 nitrogen and oxygen atoms in total. The summed E-state index contributed by atoms with van der Waals surface area (Å²) in [7, 11) is -2.50. The largest absolute Gasteiger partial charge is 0.469 e. The molecule has 1 fully saturated rings. The van der Waals surface area contributed by atoms with E-state index in [1.807, 2.05) is 30.3 Å². The molecular formula is C25H36NO10P. The van der Waals surface area contributed by atoms with Gasteiger partial charge < -0.3 is 24.1 Å². The average molecular weight is 542 g/mol. The number of amides is 1. The van der Waals surface area contributed by atoms with Crippen LogP contribution in [-0.4, -0.2) is 63.6 Å². The third-order valence-corrected chi connectivity index (χ3v) is 7.82. The lowest BCUT2D eigenvalue weighted by Gasteiger charge is -2.40. The second-order valence-electron chi connectivity index (χ2n) is 9.33. The average Bonchev–Trinajstić information content (AvgIpc) is 2.86. The number of rotatable bonds is 13. The van der Waals surface area contributed by atoms with E-state index in [-0.39, 0.29) is 38.8 Å². The van der Waals surface area contributed by atoms with Crippen LogP contribution >= 0.6 is 7.60 Å². The van der Waals surface area contributed by atoms with Crippen molar-refractivity contribution < 1.29 is 47.0 Å². The minimum absolute atomic E-state index is 0.00701. The lowest BCUT2D eigenvalue weighted by Crippen LogP contribution is -2.46. The molecule has 37 heavy (non-hydrogen) atoms. The van der Waals surface area contributed by atoms with Gasteiger partial charge in [-0.3, -0.25) is 28.3 Å². The number of ether oxygens (including phenoxy) is 3. The van der Waals surface area contributed by atoms with Crippen LogP contribution in [0.1, 0.15) is 39.2 Å². The molecule has 1 amide bonds. The molecule has 0 bridgehead atoms. The molecule has 3 atom stereocenters. The summed E-state index contributed by atoms with van der Waals surface area (Å²) in [5.41, 5.74) is 0.219. The Balaban J connectivity index is 1.91. The summed E-state index contributed by atoms with van der Waals surface area (Å²) >= 11 is 0. The van der Waals surface area contributed by atoms with Gasteiger partial charge in [0.25, 0.3) is 0 Å². The fourth-order valence-electron chi connectivity index (χ4n) is 3.76. The van der Waals surface area contributed by atoms with Crippen LogP contribution in [0.3, 0.4) is 0 Å². The first-order valence-corrected chi connectivity index (χ1v) is 13.8. The molecule has 1 unspecified atom stereocenters. The third kappa shape index (κ3) is 9.91. The zero-order valence-electron chi connectivity index (χ0n) is 21.7. The second-order valence-corrected chi connectivity index (χ2v) is 11.4. The van der Waals surface area contributed by atoms with Crippen LogP contribution in [0.5, 0.6) is 0 Å². The van der Waals surface area contributed by atoms with Gasteiger partial charge in [-0.2, -0.15) is 0 Å². The quantitative estimate of drug-likeness (QED) is 0.171. The fourth-order valence-corrected chi connectivity index (χ4v) is 5.89. The van der Waals surface area contributed by atoms with Gasteiger partial charge in [0, 0.05) is 12.0 Å². The van der Waals surface area contributed by atoms with E-state index in [2.05, 4.69) is 10.1 Å². The highest BCUT2D eigenvalue weighted by molar-refractivity contribution is 7.54. The minimum atomic E-state index is -3.76. The molecular weight excluding hydrogens is 505 g/mol. The number of hydrogen-bond acceptors (Lipinski definition) is 10. The lowest BCUT2D eigenvalue weighted by molar-refractivity contribution is -0.158. The molecule has 0 spiro atoms. The maximum absolute atomic E-state index is 13.1. The number of methoxy groups -OCH3 is 1. The minimum Gasteiger partial charge on any atom is -0.469 e. The molecule has 0 saturated carbocycles. The Labute approximate surface area is 217 Å². The van der Waals surface area contributed by atoms with Crippen molar-refractivity contribution in [2.75, 3.05) is 39.8 Å². The van der Waals surface area contributed by atoms with Crippen molar-refractivity contribution in [3.05, 3.63) is 35.9 Å². The molecule has 1 N–H and O–H groups in total. The summed E-state index contributed by atoms with van der Waals surface area (Å²) in [5.74, 6) is -3.58. The van der Waals surface area contributed by atoms with Gasteiger partial charge in [-0.25, -0.2) is 0 Å². The Morgan fingerprint density at radius 1 is 1.14 bits per heavy atom. The van der Waals surface area contributed by atoms with E-state index in [0.29, 0.717) is 6.42 Å². The number of benzene rings is 1. The van der Waals surface area contributed by atoms with Crippen molar-refractivity contribution in [1.29, 1.82) is 0 Å². The highest BCUT2D eigenvalue weighted by Gasteiger charge is 2.47. The van der Waals surface area contributed by atoms with E-state index in [4.69, 9.17) is 18.5 Å². The summed E-state index contributed by atoms with van der Waals surface area (Å²) in [6, 6.07) is 9.20. The molecule has 1 saturated heterocycles. The van der Waals surface area contributed by atoms with Gasteiger partial charge in [-0.1, -0.05) is 44.2 Å². The number of hydrogen-bond donors (Lipinski definition) is 1. The van der Waals surface area contributed by atoms with Crippen molar-refractivity contribution in [1.82, 2.24) is 5.32 Å². The van der Waals surface area contributed by atoms with Gasteiger partial charge in [-0.15, -0.1) is 0 Å². The van der Waals surface area contributed by atoms with Crippen LogP contribution in [0, 0.1) is 17.3 Å². The van der Waals surface area contributed by atoms with Crippen LogP contribution in [0.4, 0.5) is 0 Å². The van der Waals surface area contributed by atoms with Crippen LogP contribution in [0.15, 0.2) is 30.3 Å². The Morgan fingerprint density at radius 2 is 1.84 bits per heavy atom. The van der Waals surface area contributed by atoms with Gasteiger partial charge in [0.05, 0.1) is 51.2 Å². The molecule has 1 heterocycles.